The molecule has 0 atom stereocenters. The summed E-state index contributed by atoms with van der Waals surface area (Å²) in [6.07, 6.45) is 2.91. The number of carboxylic acid groups (broad SMARTS) is 1. The number of rotatable bonds is 10. The number of ether oxygens (including phenoxy) is 1. The fraction of sp³-hybridized carbons (Fsp3) is 0.464. The summed E-state index contributed by atoms with van der Waals surface area (Å²) in [6.45, 7) is 4.35. The fourth-order valence-corrected chi connectivity index (χ4v) is 5.19. The molecule has 1 fully saturated rings. The molecule has 186 valence electrons. The number of fused-ring (bicyclic) bond motifs is 3. The maximum atomic E-state index is 12.6. The first-order chi connectivity index (χ1) is 16.7. The zero-order valence-electron chi connectivity index (χ0n) is 20.4. The Morgan fingerprint density at radius 1 is 1.03 bits per heavy atom. The lowest BCUT2D eigenvalue weighted by Crippen LogP contribution is -2.46. The molecular formula is C28H34N2O5. The molecule has 2 aromatic carbocycles. The van der Waals surface area contributed by atoms with Crippen LogP contribution in [0.5, 0.6) is 0 Å². The monoisotopic (exact) mass is 478 g/mol. The van der Waals surface area contributed by atoms with Gasteiger partial charge in [-0.15, -0.1) is 0 Å². The van der Waals surface area contributed by atoms with E-state index >= 15 is 0 Å². The second-order valence-corrected chi connectivity index (χ2v) is 10.5. The zero-order chi connectivity index (χ0) is 25.1. The first-order valence-electron chi connectivity index (χ1n) is 12.3. The molecule has 0 radical (unpaired) electrons. The Morgan fingerprint density at radius 2 is 1.63 bits per heavy atom. The van der Waals surface area contributed by atoms with E-state index in [0.717, 1.165) is 30.4 Å². The maximum absolute atomic E-state index is 12.6. The van der Waals surface area contributed by atoms with Crippen LogP contribution in [-0.4, -0.2) is 41.8 Å². The van der Waals surface area contributed by atoms with Crippen LogP contribution in [0.25, 0.3) is 11.1 Å². The van der Waals surface area contributed by atoms with Crippen molar-refractivity contribution in [3.05, 3.63) is 59.7 Å². The molecule has 1 saturated carbocycles. The Bertz CT molecular complexity index is 1060. The summed E-state index contributed by atoms with van der Waals surface area (Å²) in [5, 5.41) is 14.9. The molecular weight excluding hydrogens is 444 g/mol. The Kier molecular flexibility index (Phi) is 7.15. The lowest BCUT2D eigenvalue weighted by atomic mass is 9.66. The van der Waals surface area contributed by atoms with E-state index in [0.29, 0.717) is 13.0 Å². The molecule has 0 spiro atoms. The average molecular weight is 479 g/mol. The van der Waals surface area contributed by atoms with Gasteiger partial charge in [0, 0.05) is 24.4 Å². The van der Waals surface area contributed by atoms with E-state index in [1.807, 2.05) is 38.1 Å². The van der Waals surface area contributed by atoms with E-state index in [1.165, 1.54) is 11.1 Å². The molecule has 0 unspecified atom stereocenters. The number of amides is 2. The maximum Gasteiger partial charge on any atom is 0.407 e. The number of hydrogen-bond donors (Lipinski definition) is 3. The number of hydrogen-bond acceptors (Lipinski definition) is 4. The van der Waals surface area contributed by atoms with Crippen LogP contribution >= 0.6 is 0 Å². The van der Waals surface area contributed by atoms with Crippen molar-refractivity contribution < 1.29 is 24.2 Å². The third kappa shape index (κ3) is 5.84. The minimum atomic E-state index is -0.827. The normalized spacial score (nSPS) is 15.9. The lowest BCUT2D eigenvalue weighted by Gasteiger charge is -2.40. The largest absolute Gasteiger partial charge is 0.481 e. The van der Waals surface area contributed by atoms with Crippen LogP contribution in [-0.2, 0) is 14.3 Å². The number of benzene rings is 2. The third-order valence-corrected chi connectivity index (χ3v) is 7.36. The summed E-state index contributed by atoms with van der Waals surface area (Å²) in [6, 6.07) is 16.4. The van der Waals surface area contributed by atoms with Gasteiger partial charge in [-0.2, -0.15) is 0 Å². The van der Waals surface area contributed by atoms with E-state index in [-0.39, 0.29) is 36.7 Å². The molecule has 0 aliphatic heterocycles. The molecule has 3 N–H and O–H groups in total. The van der Waals surface area contributed by atoms with Crippen molar-refractivity contribution in [1.82, 2.24) is 10.6 Å². The molecule has 0 bridgehead atoms. The molecule has 2 aromatic rings. The van der Waals surface area contributed by atoms with Gasteiger partial charge in [0.2, 0.25) is 5.91 Å². The highest BCUT2D eigenvalue weighted by Gasteiger charge is 2.39. The molecule has 7 heteroatoms. The van der Waals surface area contributed by atoms with Gasteiger partial charge in [-0.3, -0.25) is 9.59 Å². The minimum absolute atomic E-state index is 0.00771. The average Bonchev–Trinajstić information content (AvgIpc) is 3.11. The summed E-state index contributed by atoms with van der Waals surface area (Å²) >= 11 is 0. The fourth-order valence-electron chi connectivity index (χ4n) is 5.19. The predicted octanol–water partition coefficient (Wildman–Crippen LogP) is 4.85. The molecule has 2 aliphatic carbocycles. The van der Waals surface area contributed by atoms with Gasteiger partial charge in [-0.05, 0) is 60.8 Å². The van der Waals surface area contributed by atoms with Crippen molar-refractivity contribution >= 4 is 18.0 Å². The Morgan fingerprint density at radius 3 is 2.17 bits per heavy atom. The number of alkyl carbamates (subject to hydrolysis) is 1. The Hall–Kier alpha value is -3.35. The highest BCUT2D eigenvalue weighted by atomic mass is 16.5. The number of carbonyl (C=O) groups is 3. The van der Waals surface area contributed by atoms with Crippen LogP contribution in [0.15, 0.2) is 48.5 Å². The van der Waals surface area contributed by atoms with Gasteiger partial charge in [0.15, 0.2) is 0 Å². The van der Waals surface area contributed by atoms with Crippen molar-refractivity contribution in [3.8, 4) is 11.1 Å². The second kappa shape index (κ2) is 10.1. The predicted molar refractivity (Wildman–Crippen MR) is 133 cm³/mol. The Balaban J connectivity index is 1.24. The van der Waals surface area contributed by atoms with Gasteiger partial charge < -0.3 is 20.5 Å². The molecule has 2 aliphatic rings. The minimum Gasteiger partial charge on any atom is -0.481 e. The first-order valence-corrected chi connectivity index (χ1v) is 12.3. The highest BCUT2D eigenvalue weighted by Crippen LogP contribution is 2.45. The molecule has 4 rings (SSSR count). The van der Waals surface area contributed by atoms with Crippen LogP contribution in [0.1, 0.15) is 69.4 Å². The number of carbonyl (C=O) groups excluding carboxylic acids is 2. The molecule has 0 aromatic heterocycles. The lowest BCUT2D eigenvalue weighted by molar-refractivity contribution is -0.141. The summed E-state index contributed by atoms with van der Waals surface area (Å²) in [4.78, 5) is 36.1. The van der Waals surface area contributed by atoms with E-state index < -0.39 is 17.6 Å². The van der Waals surface area contributed by atoms with Crippen molar-refractivity contribution in [2.75, 3.05) is 13.2 Å². The highest BCUT2D eigenvalue weighted by molar-refractivity contribution is 5.79. The molecule has 0 saturated heterocycles. The summed E-state index contributed by atoms with van der Waals surface area (Å²) < 4.78 is 5.63. The Labute approximate surface area is 206 Å². The summed E-state index contributed by atoms with van der Waals surface area (Å²) in [5.74, 6) is -0.969. The van der Waals surface area contributed by atoms with Gasteiger partial charge in [-0.25, -0.2) is 4.79 Å². The van der Waals surface area contributed by atoms with Gasteiger partial charge in [0.1, 0.15) is 6.61 Å². The van der Waals surface area contributed by atoms with E-state index in [4.69, 9.17) is 9.84 Å². The molecule has 0 heterocycles. The zero-order valence-corrected chi connectivity index (χ0v) is 20.4. The van der Waals surface area contributed by atoms with Crippen molar-refractivity contribution in [2.45, 2.75) is 63.8 Å². The van der Waals surface area contributed by atoms with Crippen LogP contribution in [0.4, 0.5) is 4.79 Å². The second-order valence-electron chi connectivity index (χ2n) is 10.5. The molecule has 7 nitrogen and oxygen atoms in total. The molecule has 35 heavy (non-hydrogen) atoms. The van der Waals surface area contributed by atoms with E-state index in [9.17, 15) is 14.4 Å². The standard InChI is InChI=1S/C28H34N2O5/c1-27(2,15-12-24(31)29-18-28(13-7-14-28)16-25(32)33)30-26(34)35-17-23-21-10-5-3-8-19(21)20-9-4-6-11-22(20)23/h3-6,8-11,23H,7,12-18H2,1-2H3,(H,29,31)(H,30,34)(H,32,33). The number of carboxylic acids is 1. The molecule has 2 amide bonds. The number of aliphatic carboxylic acids is 1. The SMILES string of the molecule is CC(C)(CCC(=O)NCC1(CC(=O)O)CCC1)NC(=O)OCC1c2ccccc2-c2ccccc21. The smallest absolute Gasteiger partial charge is 0.407 e. The van der Waals surface area contributed by atoms with Gasteiger partial charge in [0.25, 0.3) is 0 Å². The quantitative estimate of drug-likeness (QED) is 0.453. The van der Waals surface area contributed by atoms with Gasteiger partial charge >= 0.3 is 12.1 Å². The van der Waals surface area contributed by atoms with E-state index in [2.05, 4.69) is 34.9 Å². The van der Waals surface area contributed by atoms with E-state index in [1.54, 1.807) is 0 Å². The first kappa shape index (κ1) is 24.8. The van der Waals surface area contributed by atoms with Crippen molar-refractivity contribution in [3.63, 3.8) is 0 Å². The summed E-state index contributed by atoms with van der Waals surface area (Å²) in [7, 11) is 0. The number of nitrogens with one attached hydrogen (secondary N) is 2. The van der Waals surface area contributed by atoms with Gasteiger partial charge in [0.05, 0.1) is 6.42 Å². The van der Waals surface area contributed by atoms with Crippen LogP contribution in [0, 0.1) is 5.41 Å². The van der Waals surface area contributed by atoms with Crippen molar-refractivity contribution in [2.24, 2.45) is 5.41 Å². The summed E-state index contributed by atoms with van der Waals surface area (Å²) in [5.41, 5.74) is 3.73. The topological polar surface area (TPSA) is 105 Å². The van der Waals surface area contributed by atoms with Crippen LogP contribution < -0.4 is 10.6 Å². The van der Waals surface area contributed by atoms with Crippen LogP contribution in [0.3, 0.4) is 0 Å². The van der Waals surface area contributed by atoms with Crippen molar-refractivity contribution in [1.29, 1.82) is 0 Å². The van der Waals surface area contributed by atoms with Crippen LogP contribution in [0.2, 0.25) is 0 Å². The van der Waals surface area contributed by atoms with Gasteiger partial charge in [-0.1, -0.05) is 55.0 Å². The third-order valence-electron chi connectivity index (χ3n) is 7.36.